The van der Waals surface area contributed by atoms with E-state index in [-0.39, 0.29) is 6.10 Å². The number of hydrogen-bond acceptors (Lipinski definition) is 3. The van der Waals surface area contributed by atoms with E-state index in [1.54, 1.807) is 7.11 Å². The van der Waals surface area contributed by atoms with Gasteiger partial charge in [-0.25, -0.2) is 0 Å². The van der Waals surface area contributed by atoms with Crippen LogP contribution in [0.3, 0.4) is 0 Å². The molecule has 1 unspecified atom stereocenters. The molecular formula is C25H47NO3. The molecule has 170 valence electrons. The van der Waals surface area contributed by atoms with Crippen LogP contribution in [0, 0.1) is 13.8 Å². The van der Waals surface area contributed by atoms with Gasteiger partial charge in [0.2, 0.25) is 0 Å². The minimum atomic E-state index is 0.170. The standard InChI is InChI=1S/C25H47NO3/c1-5-6-7-8-9-10-13-16-25(21-27-4)29-22-28-20-15-12-11-14-19-26-23(2)17-18-24(26)3/h17-18,25H,5-16,19-22H2,1-4H3. The first-order valence-electron chi connectivity index (χ1n) is 12.0. The summed E-state index contributed by atoms with van der Waals surface area (Å²) in [6.07, 6.45) is 15.4. The fourth-order valence-corrected chi connectivity index (χ4v) is 3.81. The molecule has 0 saturated carbocycles. The first-order chi connectivity index (χ1) is 14.2. The topological polar surface area (TPSA) is 32.6 Å². The van der Waals surface area contributed by atoms with Crippen LogP contribution in [0.25, 0.3) is 0 Å². The van der Waals surface area contributed by atoms with Gasteiger partial charge < -0.3 is 18.8 Å². The maximum atomic E-state index is 5.88. The van der Waals surface area contributed by atoms with Crippen LogP contribution in [0.2, 0.25) is 0 Å². The summed E-state index contributed by atoms with van der Waals surface area (Å²) in [5, 5.41) is 0. The predicted molar refractivity (Wildman–Crippen MR) is 123 cm³/mol. The second-order valence-corrected chi connectivity index (χ2v) is 8.36. The summed E-state index contributed by atoms with van der Waals surface area (Å²) in [4.78, 5) is 0. The van der Waals surface area contributed by atoms with E-state index in [1.807, 2.05) is 0 Å². The van der Waals surface area contributed by atoms with Crippen LogP contribution < -0.4 is 0 Å². The Morgan fingerprint density at radius 1 is 0.828 bits per heavy atom. The van der Waals surface area contributed by atoms with E-state index in [0.29, 0.717) is 13.4 Å². The summed E-state index contributed by atoms with van der Waals surface area (Å²) in [6, 6.07) is 4.40. The zero-order valence-corrected chi connectivity index (χ0v) is 19.7. The molecule has 0 radical (unpaired) electrons. The molecule has 0 bridgehead atoms. The van der Waals surface area contributed by atoms with Crippen molar-refractivity contribution in [3.05, 3.63) is 23.5 Å². The number of aromatic nitrogens is 1. The molecule has 1 rings (SSSR count). The molecule has 1 aromatic rings. The van der Waals surface area contributed by atoms with Crippen LogP contribution >= 0.6 is 0 Å². The Morgan fingerprint density at radius 2 is 1.45 bits per heavy atom. The molecule has 0 aliphatic carbocycles. The minimum absolute atomic E-state index is 0.170. The van der Waals surface area contributed by atoms with Crippen LogP contribution in [-0.4, -0.2) is 37.8 Å². The number of hydrogen-bond donors (Lipinski definition) is 0. The summed E-state index contributed by atoms with van der Waals surface area (Å²) < 4.78 is 19.3. The van der Waals surface area contributed by atoms with Gasteiger partial charge in [0, 0.05) is 31.6 Å². The molecule has 1 aromatic heterocycles. The average Bonchev–Trinajstić information content (AvgIpc) is 3.03. The highest BCUT2D eigenvalue weighted by atomic mass is 16.7. The van der Waals surface area contributed by atoms with Crippen molar-refractivity contribution in [2.24, 2.45) is 0 Å². The van der Waals surface area contributed by atoms with Crippen LogP contribution in [0.4, 0.5) is 0 Å². The van der Waals surface area contributed by atoms with Crippen molar-refractivity contribution in [3.63, 3.8) is 0 Å². The molecule has 1 atom stereocenters. The number of methoxy groups -OCH3 is 1. The van der Waals surface area contributed by atoms with E-state index in [0.717, 1.165) is 26.0 Å². The SMILES string of the molecule is CCCCCCCCCC(COC)OCOCCCCCCn1c(C)ccc1C. The monoisotopic (exact) mass is 409 g/mol. The van der Waals surface area contributed by atoms with E-state index >= 15 is 0 Å². The largest absolute Gasteiger partial charge is 0.382 e. The second-order valence-electron chi connectivity index (χ2n) is 8.36. The van der Waals surface area contributed by atoms with E-state index in [2.05, 4.69) is 37.5 Å². The van der Waals surface area contributed by atoms with Crippen molar-refractivity contribution in [2.75, 3.05) is 27.1 Å². The van der Waals surface area contributed by atoms with Crippen molar-refractivity contribution in [1.29, 1.82) is 0 Å². The molecular weight excluding hydrogens is 362 g/mol. The molecule has 0 aliphatic rings. The summed E-state index contributed by atoms with van der Waals surface area (Å²) in [6.45, 7) is 9.62. The fourth-order valence-electron chi connectivity index (χ4n) is 3.81. The lowest BCUT2D eigenvalue weighted by Crippen LogP contribution is -2.21. The van der Waals surface area contributed by atoms with Gasteiger partial charge in [0.1, 0.15) is 6.79 Å². The highest BCUT2D eigenvalue weighted by Crippen LogP contribution is 2.12. The minimum Gasteiger partial charge on any atom is -0.382 e. The molecule has 4 heteroatoms. The van der Waals surface area contributed by atoms with Crippen molar-refractivity contribution in [3.8, 4) is 0 Å². The van der Waals surface area contributed by atoms with Gasteiger partial charge in [-0.1, -0.05) is 64.7 Å². The molecule has 0 fully saturated rings. The fraction of sp³-hybridized carbons (Fsp3) is 0.840. The summed E-state index contributed by atoms with van der Waals surface area (Å²) in [5.74, 6) is 0. The predicted octanol–water partition coefficient (Wildman–Crippen LogP) is 6.81. The van der Waals surface area contributed by atoms with Gasteiger partial charge >= 0.3 is 0 Å². The Bertz CT molecular complexity index is 467. The highest BCUT2D eigenvalue weighted by molar-refractivity contribution is 5.13. The zero-order chi connectivity index (χ0) is 21.2. The van der Waals surface area contributed by atoms with Crippen LogP contribution in [0.1, 0.15) is 95.4 Å². The van der Waals surface area contributed by atoms with Crippen molar-refractivity contribution < 1.29 is 14.2 Å². The molecule has 0 spiro atoms. The van der Waals surface area contributed by atoms with Gasteiger partial charge in [0.25, 0.3) is 0 Å². The molecule has 29 heavy (non-hydrogen) atoms. The Kier molecular flexibility index (Phi) is 16.2. The summed E-state index contributed by atoms with van der Waals surface area (Å²) in [7, 11) is 1.75. The number of rotatable bonds is 20. The van der Waals surface area contributed by atoms with E-state index in [4.69, 9.17) is 14.2 Å². The van der Waals surface area contributed by atoms with Crippen LogP contribution in [-0.2, 0) is 20.8 Å². The van der Waals surface area contributed by atoms with Crippen LogP contribution in [0.15, 0.2) is 12.1 Å². The molecule has 0 saturated heterocycles. The molecule has 4 nitrogen and oxygen atoms in total. The number of unbranched alkanes of at least 4 members (excludes halogenated alkanes) is 9. The molecule has 0 aliphatic heterocycles. The lowest BCUT2D eigenvalue weighted by atomic mass is 10.1. The maximum absolute atomic E-state index is 5.88. The van der Waals surface area contributed by atoms with Gasteiger partial charge in [-0.15, -0.1) is 0 Å². The quantitative estimate of drug-likeness (QED) is 0.175. The summed E-state index contributed by atoms with van der Waals surface area (Å²) >= 11 is 0. The highest BCUT2D eigenvalue weighted by Gasteiger charge is 2.08. The number of ether oxygens (including phenoxy) is 3. The average molecular weight is 410 g/mol. The van der Waals surface area contributed by atoms with E-state index < -0.39 is 0 Å². The molecule has 0 N–H and O–H groups in total. The van der Waals surface area contributed by atoms with Gasteiger partial charge in [-0.05, 0) is 45.2 Å². The van der Waals surface area contributed by atoms with Crippen LogP contribution in [0.5, 0.6) is 0 Å². The second kappa shape index (κ2) is 18.0. The van der Waals surface area contributed by atoms with Crippen molar-refractivity contribution in [1.82, 2.24) is 4.57 Å². The lowest BCUT2D eigenvalue weighted by molar-refractivity contribution is -0.109. The Hall–Kier alpha value is -0.840. The first kappa shape index (κ1) is 26.2. The maximum Gasteiger partial charge on any atom is 0.147 e. The Morgan fingerprint density at radius 3 is 2.14 bits per heavy atom. The zero-order valence-electron chi connectivity index (χ0n) is 19.7. The van der Waals surface area contributed by atoms with Crippen molar-refractivity contribution in [2.45, 2.75) is 110 Å². The number of aryl methyl sites for hydroxylation is 2. The summed E-state index contributed by atoms with van der Waals surface area (Å²) in [5.41, 5.74) is 2.73. The van der Waals surface area contributed by atoms with Crippen molar-refractivity contribution >= 4 is 0 Å². The van der Waals surface area contributed by atoms with E-state index in [9.17, 15) is 0 Å². The smallest absolute Gasteiger partial charge is 0.147 e. The third-order valence-electron chi connectivity index (χ3n) is 5.71. The van der Waals surface area contributed by atoms with Gasteiger partial charge in [-0.2, -0.15) is 0 Å². The third kappa shape index (κ3) is 13.1. The lowest BCUT2D eigenvalue weighted by Gasteiger charge is -2.17. The Labute approximate surface area is 180 Å². The molecule has 0 amide bonds. The number of nitrogens with zero attached hydrogens (tertiary/aromatic N) is 1. The first-order valence-corrected chi connectivity index (χ1v) is 12.0. The van der Waals surface area contributed by atoms with Gasteiger partial charge in [0.05, 0.1) is 12.7 Å². The third-order valence-corrected chi connectivity index (χ3v) is 5.71. The molecule has 1 heterocycles. The molecule has 0 aromatic carbocycles. The Balaban J connectivity index is 1.95. The van der Waals surface area contributed by atoms with E-state index in [1.165, 1.54) is 75.6 Å². The van der Waals surface area contributed by atoms with Gasteiger partial charge in [0.15, 0.2) is 0 Å². The van der Waals surface area contributed by atoms with Gasteiger partial charge in [-0.3, -0.25) is 0 Å². The normalized spacial score (nSPS) is 12.6.